The number of esters is 3. The van der Waals surface area contributed by atoms with Gasteiger partial charge in [-0.2, -0.15) is 0 Å². The SMILES string of the molecule is C=C1C(=O)N[C@@H](C)C(=O)N(C)[C@@H](C)C(=O)N[C@@H]([C@H](OC(=O)[C@@H](CC(C)=O)[C@H](OC(=O)OCc2ccc(NC(=O)[C@H](CCCNC(N)=O)CC(=O)[C@@H](NC(=O)CCOCCN3C(=O)C=CC3=O)C(C)C)cc2)C(C)C)C(C)C)C(=O)N(C)[C@@H]([C@@H](C)OC)C(=O)O[C@H](C)[C@H](NC(C)=O)C(=O)O[C@H](Cc2ccccc2)C(=O)N1C. The highest BCUT2D eigenvalue weighted by molar-refractivity contribution is 6.13. The Balaban J connectivity index is 1.63. The normalized spacial score (nSPS) is 21.0. The van der Waals surface area contributed by atoms with Crippen LogP contribution >= 0.6 is 0 Å². The molecular weight excluding hydrogens is 1450 g/mol. The van der Waals surface area contributed by atoms with Crippen molar-refractivity contribution < 1.29 is 115 Å². The number of imide groups is 1. The van der Waals surface area contributed by atoms with Crippen LogP contribution in [0.5, 0.6) is 0 Å². The fraction of sp³-hybridized carbons (Fsp3) is 0.566. The van der Waals surface area contributed by atoms with Crippen molar-refractivity contribution in [3.8, 4) is 0 Å². The number of nitrogens with one attached hydrogen (secondary N) is 6. The Hall–Kier alpha value is -11.0. The number of methoxy groups -OCH3 is 1. The average Bonchev–Trinajstić information content (AvgIpc) is 1.66. The average molecular weight is 1560 g/mol. The van der Waals surface area contributed by atoms with Gasteiger partial charge < -0.3 is 85.5 Å². The van der Waals surface area contributed by atoms with Crippen LogP contribution in [0.1, 0.15) is 126 Å². The Labute approximate surface area is 645 Å². The van der Waals surface area contributed by atoms with Crippen LogP contribution in [0, 0.1) is 29.6 Å². The molecule has 0 aliphatic carbocycles. The molecule has 12 amide bonds. The summed E-state index contributed by atoms with van der Waals surface area (Å²) in [6.45, 7) is 20.2. The van der Waals surface area contributed by atoms with Crippen LogP contribution in [-0.2, 0) is 118 Å². The summed E-state index contributed by atoms with van der Waals surface area (Å²) in [6.07, 6.45) is -7.98. The maximum absolute atomic E-state index is 15.5. The van der Waals surface area contributed by atoms with Gasteiger partial charge in [-0.05, 0) is 88.5 Å². The number of cyclic esters (lactones) is 2. The zero-order chi connectivity index (χ0) is 83.4. The second kappa shape index (κ2) is 44.0. The molecule has 610 valence electrons. The van der Waals surface area contributed by atoms with Crippen molar-refractivity contribution >= 4 is 106 Å². The van der Waals surface area contributed by atoms with Gasteiger partial charge in [-0.1, -0.05) is 90.6 Å². The molecule has 2 aromatic rings. The molecule has 0 aromatic heterocycles. The maximum atomic E-state index is 15.5. The highest BCUT2D eigenvalue weighted by Gasteiger charge is 2.47. The molecule has 1 saturated heterocycles. The number of hydrogen-bond acceptors (Lipinski definition) is 24. The Morgan fingerprint density at radius 1 is 0.712 bits per heavy atom. The Morgan fingerprint density at radius 3 is 1.91 bits per heavy atom. The van der Waals surface area contributed by atoms with Gasteiger partial charge in [0.05, 0.1) is 31.9 Å². The number of hydrogen-bond donors (Lipinski definition) is 7. The number of ketones is 2. The number of carbonyl (C=O) groups is 17. The van der Waals surface area contributed by atoms with Crippen LogP contribution < -0.4 is 37.6 Å². The van der Waals surface area contributed by atoms with Gasteiger partial charge in [0.15, 0.2) is 24.0 Å². The highest BCUT2D eigenvalue weighted by atomic mass is 16.7. The van der Waals surface area contributed by atoms with Crippen molar-refractivity contribution in [2.24, 2.45) is 35.3 Å². The van der Waals surface area contributed by atoms with Gasteiger partial charge in [-0.3, -0.25) is 67.2 Å². The summed E-state index contributed by atoms with van der Waals surface area (Å²) in [7, 11) is 4.70. The molecule has 2 aromatic carbocycles. The predicted molar refractivity (Wildman–Crippen MR) is 396 cm³/mol. The van der Waals surface area contributed by atoms with Gasteiger partial charge in [-0.15, -0.1) is 0 Å². The Morgan fingerprint density at radius 2 is 1.34 bits per heavy atom. The van der Waals surface area contributed by atoms with Crippen LogP contribution in [0.15, 0.2) is 79.0 Å². The minimum absolute atomic E-state index is 0.0166. The fourth-order valence-corrected chi connectivity index (χ4v) is 11.9. The van der Waals surface area contributed by atoms with E-state index in [0.29, 0.717) is 11.1 Å². The van der Waals surface area contributed by atoms with Crippen LogP contribution in [0.4, 0.5) is 15.3 Å². The van der Waals surface area contributed by atoms with Crippen LogP contribution in [0.3, 0.4) is 0 Å². The third kappa shape index (κ3) is 28.1. The van der Waals surface area contributed by atoms with Crippen molar-refractivity contribution in [1.82, 2.24) is 46.2 Å². The molecule has 0 unspecified atom stereocenters. The van der Waals surface area contributed by atoms with Gasteiger partial charge >= 0.3 is 30.1 Å². The molecule has 4 rings (SSSR count). The van der Waals surface area contributed by atoms with Crippen LogP contribution in [0.2, 0.25) is 0 Å². The lowest BCUT2D eigenvalue weighted by Gasteiger charge is -2.38. The number of benzene rings is 2. The van der Waals surface area contributed by atoms with E-state index in [-0.39, 0.29) is 64.1 Å². The van der Waals surface area contributed by atoms with Crippen molar-refractivity contribution in [2.75, 3.05) is 59.9 Å². The van der Waals surface area contributed by atoms with E-state index in [1.54, 1.807) is 58.0 Å². The van der Waals surface area contributed by atoms with Gasteiger partial charge in [0.25, 0.3) is 23.6 Å². The van der Waals surface area contributed by atoms with E-state index in [0.717, 1.165) is 59.7 Å². The number of nitrogens with zero attached hydrogens (tertiary/aromatic N) is 4. The lowest BCUT2D eigenvalue weighted by Crippen LogP contribution is -2.63. The summed E-state index contributed by atoms with van der Waals surface area (Å²) in [6, 6.07) is 3.82. The van der Waals surface area contributed by atoms with Crippen molar-refractivity contribution in [1.29, 1.82) is 0 Å². The number of urea groups is 1. The van der Waals surface area contributed by atoms with Crippen molar-refractivity contribution in [2.45, 2.75) is 195 Å². The first-order valence-electron chi connectivity index (χ1n) is 36.4. The first-order chi connectivity index (χ1) is 52.1. The predicted octanol–water partition coefficient (Wildman–Crippen LogP) is 2.24. The van der Waals surface area contributed by atoms with Crippen molar-refractivity contribution in [3.05, 3.63) is 90.2 Å². The number of primary amides is 1. The molecule has 35 heteroatoms. The van der Waals surface area contributed by atoms with Gasteiger partial charge in [0, 0.05) is 91.2 Å². The van der Waals surface area contributed by atoms with E-state index in [1.807, 2.05) is 0 Å². The molecule has 111 heavy (non-hydrogen) atoms. The van der Waals surface area contributed by atoms with E-state index in [4.69, 9.17) is 38.9 Å². The monoisotopic (exact) mass is 1560 g/mol. The van der Waals surface area contributed by atoms with E-state index in [9.17, 15) is 76.7 Å². The molecule has 0 bridgehead atoms. The summed E-state index contributed by atoms with van der Waals surface area (Å²) in [5, 5.41) is 15.3. The molecule has 8 N–H and O–H groups in total. The van der Waals surface area contributed by atoms with E-state index < -0.39 is 216 Å². The fourth-order valence-electron chi connectivity index (χ4n) is 11.9. The molecule has 1 fully saturated rings. The van der Waals surface area contributed by atoms with Gasteiger partial charge in [-0.25, -0.2) is 19.2 Å². The molecule has 0 saturated carbocycles. The maximum Gasteiger partial charge on any atom is 0.508 e. The van der Waals surface area contributed by atoms with Gasteiger partial charge in [0.2, 0.25) is 35.4 Å². The summed E-state index contributed by atoms with van der Waals surface area (Å²) < 4.78 is 40.2. The number of ether oxygens (including phenoxy) is 7. The number of likely N-dealkylation sites (N-methyl/N-ethyl adjacent to an activating group) is 3. The Kier molecular flexibility index (Phi) is 36.7. The minimum atomic E-state index is -2.00. The number of rotatable bonds is 33. The van der Waals surface area contributed by atoms with Crippen molar-refractivity contribution in [3.63, 3.8) is 0 Å². The number of Topliss-reactive ketones (excluding diaryl/α,β-unsaturated/α-hetero) is 2. The zero-order valence-electron chi connectivity index (χ0n) is 65.7. The number of amides is 12. The molecule has 35 nitrogen and oxygen atoms in total. The largest absolute Gasteiger partial charge is 0.508 e. The smallest absolute Gasteiger partial charge is 0.459 e. The minimum Gasteiger partial charge on any atom is -0.459 e. The molecular formula is C76H107N11O24. The van der Waals surface area contributed by atoms with Gasteiger partial charge in [0.1, 0.15) is 60.4 Å². The number of anilines is 1. The summed E-state index contributed by atoms with van der Waals surface area (Å²) in [5.41, 5.74) is 5.83. The first-order valence-corrected chi connectivity index (χ1v) is 36.4. The molecule has 2 aliphatic rings. The first kappa shape index (κ1) is 92.4. The summed E-state index contributed by atoms with van der Waals surface area (Å²) >= 11 is 0. The van der Waals surface area contributed by atoms with E-state index >= 15 is 4.79 Å². The third-order valence-electron chi connectivity index (χ3n) is 18.5. The zero-order valence-corrected chi connectivity index (χ0v) is 65.7. The molecule has 13 atom stereocenters. The molecule has 0 radical (unpaired) electrons. The quantitative estimate of drug-likeness (QED) is 0.0177. The van der Waals surface area contributed by atoms with E-state index in [2.05, 4.69) is 38.5 Å². The third-order valence-corrected chi connectivity index (χ3v) is 18.5. The van der Waals surface area contributed by atoms with Crippen LogP contribution in [0.25, 0.3) is 0 Å². The molecule has 2 aliphatic heterocycles. The lowest BCUT2D eigenvalue weighted by atomic mass is 9.88. The second-order valence-electron chi connectivity index (χ2n) is 28.2. The second-order valence-corrected chi connectivity index (χ2v) is 28.2. The molecule has 2 heterocycles. The topological polar surface area (TPSA) is 466 Å². The Bertz CT molecular complexity index is 3720. The lowest BCUT2D eigenvalue weighted by molar-refractivity contribution is -0.175. The standard InChI is InChI=1S/C76H107N11O24/c1-40(2)60(82-57(91)31-34-106-35-33-87-58(92)29-30-59(87)93)55(90)38-52(24-21-32-78-75(77)103)68(96)81-53-27-25-51(26-28-53)39-107-76(104)111-64(41(3)4)54(36-43(7)88)72(100)110-65(42(5)6)62-71(99)86(16)63(48(12)105-17)74(102)108-47(11)61(80-49(13)89)73(101)109-56(37-50-22-19-18-20-23-50)70(98)85(15)45(9)66(94)79-44(8)69(97)84(14)46(10)67(95)83-62/h18-20,22-23,25-30,40-42,44,46-48,52,54,56,60-65H,9,21,24,31-39H2,1-8,10-17H3,(H,79,94)(H,80,89)(H,81,96)(H,82,91)(H,83,95)(H3,77,78,103)/t44-,46-,47+,48+,52+,54-,56+,60-,61-,62-,63-,64+,65+/m0/s1. The van der Waals surface area contributed by atoms with E-state index in [1.165, 1.54) is 80.0 Å². The molecule has 0 spiro atoms. The number of carbonyl (C=O) groups excluding carboxylic acids is 17. The summed E-state index contributed by atoms with van der Waals surface area (Å²) in [4.78, 5) is 236. The highest BCUT2D eigenvalue weighted by Crippen LogP contribution is 2.28. The number of nitrogens with two attached hydrogens (primary N) is 1. The summed E-state index contributed by atoms with van der Waals surface area (Å²) in [5.74, 6) is -17.5. The van der Waals surface area contributed by atoms with Crippen LogP contribution in [-0.4, -0.2) is 242 Å².